The molecule has 0 bridgehead atoms. The highest BCUT2D eigenvalue weighted by atomic mass is 32.1. The second-order valence-electron chi connectivity index (χ2n) is 2.28. The summed E-state index contributed by atoms with van der Waals surface area (Å²) in [5, 5.41) is 2.99. The van der Waals surface area contributed by atoms with E-state index in [-0.39, 0.29) is 0 Å². The van der Waals surface area contributed by atoms with Gasteiger partial charge in [0.2, 0.25) is 5.91 Å². The van der Waals surface area contributed by atoms with Gasteiger partial charge in [0.1, 0.15) is 0 Å². The molecule has 64 valence electrons. The zero-order chi connectivity index (χ0) is 8.97. The molecular weight excluding hydrogens is 172 g/mol. The molecule has 12 heavy (non-hydrogen) atoms. The lowest BCUT2D eigenvalue weighted by Crippen LogP contribution is -2.10. The fourth-order valence-electron chi connectivity index (χ4n) is 0.844. The minimum atomic E-state index is -0.410. The molecule has 0 aliphatic rings. The summed E-state index contributed by atoms with van der Waals surface area (Å²) in [5.41, 5.74) is 6.50. The number of anilines is 1. The van der Waals surface area contributed by atoms with Crippen molar-refractivity contribution >= 4 is 24.2 Å². The van der Waals surface area contributed by atoms with Crippen molar-refractivity contribution in [2.24, 2.45) is 5.73 Å². The molecule has 1 aromatic rings. The maximum atomic E-state index is 10.7. The number of nitrogens with two attached hydrogens (primary N) is 1. The molecule has 3 nitrogen and oxygen atoms in total. The first-order chi connectivity index (χ1) is 5.74. The molecule has 1 amide bonds. The Hall–Kier alpha value is -1.16. The lowest BCUT2D eigenvalue weighted by atomic mass is 10.2. The van der Waals surface area contributed by atoms with E-state index in [2.05, 4.69) is 17.9 Å². The van der Waals surface area contributed by atoms with Gasteiger partial charge in [-0.2, -0.15) is 12.6 Å². The van der Waals surface area contributed by atoms with E-state index in [9.17, 15) is 4.79 Å². The monoisotopic (exact) mass is 182 g/mol. The van der Waals surface area contributed by atoms with Gasteiger partial charge in [0, 0.05) is 11.3 Å². The summed E-state index contributed by atoms with van der Waals surface area (Å²) in [4.78, 5) is 10.7. The molecule has 0 aliphatic carbocycles. The van der Waals surface area contributed by atoms with Crippen LogP contribution in [0, 0.1) is 0 Å². The molecule has 1 rings (SSSR count). The predicted molar refractivity (Wildman–Crippen MR) is 52.4 cm³/mol. The van der Waals surface area contributed by atoms with Crippen LogP contribution in [-0.2, 0) is 0 Å². The first-order valence-corrected chi connectivity index (χ1v) is 4.12. The molecule has 0 heterocycles. The second kappa shape index (κ2) is 4.01. The van der Waals surface area contributed by atoms with Gasteiger partial charge in [-0.3, -0.25) is 4.79 Å². The highest BCUT2D eigenvalue weighted by Gasteiger charge is 1.97. The topological polar surface area (TPSA) is 55.1 Å². The van der Waals surface area contributed by atoms with Crippen LogP contribution in [0.4, 0.5) is 5.69 Å². The van der Waals surface area contributed by atoms with Crippen LogP contribution in [0.3, 0.4) is 0 Å². The fourth-order valence-corrected chi connectivity index (χ4v) is 1.03. The average Bonchev–Trinajstić information content (AvgIpc) is 2.06. The number of carbonyl (C=O) groups is 1. The standard InChI is InChI=1S/C8H10N2OS/c9-8(11)6-1-3-7(4-2-6)10-5-12/h1-4,10,12H,5H2,(H2,9,11). The zero-order valence-electron chi connectivity index (χ0n) is 6.45. The number of nitrogens with one attached hydrogen (secondary N) is 1. The Bertz CT molecular complexity index is 271. The van der Waals surface area contributed by atoms with Gasteiger partial charge in [0.25, 0.3) is 0 Å². The summed E-state index contributed by atoms with van der Waals surface area (Å²) < 4.78 is 0. The van der Waals surface area contributed by atoms with Crippen LogP contribution < -0.4 is 11.1 Å². The number of hydrogen-bond acceptors (Lipinski definition) is 3. The lowest BCUT2D eigenvalue weighted by Gasteiger charge is -2.01. The summed E-state index contributed by atoms with van der Waals surface area (Å²) in [7, 11) is 0. The maximum Gasteiger partial charge on any atom is 0.248 e. The lowest BCUT2D eigenvalue weighted by molar-refractivity contribution is 0.100. The van der Waals surface area contributed by atoms with E-state index in [0.29, 0.717) is 11.4 Å². The van der Waals surface area contributed by atoms with Crippen molar-refractivity contribution in [3.8, 4) is 0 Å². The minimum Gasteiger partial charge on any atom is -0.376 e. The number of benzene rings is 1. The Balaban J connectivity index is 2.78. The van der Waals surface area contributed by atoms with Crippen molar-refractivity contribution in [2.75, 3.05) is 11.2 Å². The number of carbonyl (C=O) groups excluding carboxylic acids is 1. The molecular formula is C8H10N2OS. The molecule has 0 spiro atoms. The van der Waals surface area contributed by atoms with Gasteiger partial charge in [-0.05, 0) is 24.3 Å². The smallest absolute Gasteiger partial charge is 0.248 e. The molecule has 0 atom stereocenters. The predicted octanol–water partition coefficient (Wildman–Crippen LogP) is 1.08. The third-order valence-electron chi connectivity index (χ3n) is 1.45. The molecule has 0 saturated carbocycles. The average molecular weight is 182 g/mol. The van der Waals surface area contributed by atoms with E-state index in [4.69, 9.17) is 5.73 Å². The Morgan fingerprint density at radius 1 is 1.42 bits per heavy atom. The number of thiol groups is 1. The number of rotatable bonds is 3. The summed E-state index contributed by atoms with van der Waals surface area (Å²) in [5.74, 6) is 0.156. The fraction of sp³-hybridized carbons (Fsp3) is 0.125. The van der Waals surface area contributed by atoms with Gasteiger partial charge >= 0.3 is 0 Å². The van der Waals surface area contributed by atoms with Gasteiger partial charge in [-0.1, -0.05) is 0 Å². The third kappa shape index (κ3) is 2.17. The SMILES string of the molecule is NC(=O)c1ccc(NCS)cc1. The zero-order valence-corrected chi connectivity index (χ0v) is 7.34. The number of primary amides is 1. The summed E-state index contributed by atoms with van der Waals surface area (Å²) >= 11 is 4.00. The molecule has 0 aliphatic heterocycles. The molecule has 0 saturated heterocycles. The molecule has 0 radical (unpaired) electrons. The number of hydrogen-bond donors (Lipinski definition) is 3. The van der Waals surface area contributed by atoms with Crippen molar-refractivity contribution in [1.29, 1.82) is 0 Å². The molecule has 4 heteroatoms. The van der Waals surface area contributed by atoms with E-state index in [1.165, 1.54) is 0 Å². The van der Waals surface area contributed by atoms with Crippen molar-refractivity contribution in [1.82, 2.24) is 0 Å². The summed E-state index contributed by atoms with van der Waals surface area (Å²) in [6.07, 6.45) is 0. The van der Waals surface area contributed by atoms with Crippen LogP contribution in [0.1, 0.15) is 10.4 Å². The Morgan fingerprint density at radius 2 is 2.00 bits per heavy atom. The van der Waals surface area contributed by atoms with Gasteiger partial charge in [-0.15, -0.1) is 0 Å². The minimum absolute atomic E-state index is 0.410. The molecule has 3 N–H and O–H groups in total. The van der Waals surface area contributed by atoms with Crippen LogP contribution in [0.5, 0.6) is 0 Å². The van der Waals surface area contributed by atoms with Crippen molar-refractivity contribution in [3.63, 3.8) is 0 Å². The van der Waals surface area contributed by atoms with Crippen LogP contribution in [0.15, 0.2) is 24.3 Å². The van der Waals surface area contributed by atoms with E-state index in [1.807, 2.05) is 0 Å². The Kier molecular flexibility index (Phi) is 2.99. The molecule has 0 aromatic heterocycles. The van der Waals surface area contributed by atoms with Gasteiger partial charge in [-0.25, -0.2) is 0 Å². The van der Waals surface area contributed by atoms with Gasteiger partial charge < -0.3 is 11.1 Å². The first-order valence-electron chi connectivity index (χ1n) is 3.48. The molecule has 0 unspecified atom stereocenters. The van der Waals surface area contributed by atoms with Gasteiger partial charge in [0.15, 0.2) is 0 Å². The highest BCUT2D eigenvalue weighted by Crippen LogP contribution is 2.08. The largest absolute Gasteiger partial charge is 0.376 e. The normalized spacial score (nSPS) is 9.42. The maximum absolute atomic E-state index is 10.7. The molecule has 0 fully saturated rings. The van der Waals surface area contributed by atoms with Crippen LogP contribution in [0.25, 0.3) is 0 Å². The van der Waals surface area contributed by atoms with Crippen LogP contribution >= 0.6 is 12.6 Å². The Labute approximate surface area is 76.4 Å². The summed E-state index contributed by atoms with van der Waals surface area (Å²) in [6, 6.07) is 6.93. The summed E-state index contributed by atoms with van der Waals surface area (Å²) in [6.45, 7) is 0. The van der Waals surface area contributed by atoms with E-state index < -0.39 is 5.91 Å². The van der Waals surface area contributed by atoms with E-state index in [0.717, 1.165) is 5.69 Å². The van der Waals surface area contributed by atoms with Crippen molar-refractivity contribution < 1.29 is 4.79 Å². The number of amides is 1. The van der Waals surface area contributed by atoms with Crippen LogP contribution in [0.2, 0.25) is 0 Å². The quantitative estimate of drug-likeness (QED) is 0.484. The second-order valence-corrected chi connectivity index (χ2v) is 2.59. The van der Waals surface area contributed by atoms with Crippen molar-refractivity contribution in [2.45, 2.75) is 0 Å². The van der Waals surface area contributed by atoms with E-state index in [1.54, 1.807) is 24.3 Å². The Morgan fingerprint density at radius 3 is 2.42 bits per heavy atom. The van der Waals surface area contributed by atoms with Gasteiger partial charge in [0.05, 0.1) is 5.88 Å². The first kappa shape index (κ1) is 8.93. The van der Waals surface area contributed by atoms with E-state index >= 15 is 0 Å². The molecule has 1 aromatic carbocycles. The van der Waals surface area contributed by atoms with Crippen molar-refractivity contribution in [3.05, 3.63) is 29.8 Å². The highest BCUT2D eigenvalue weighted by molar-refractivity contribution is 7.80. The van der Waals surface area contributed by atoms with Crippen LogP contribution in [-0.4, -0.2) is 11.8 Å². The third-order valence-corrected chi connectivity index (χ3v) is 1.61.